The summed E-state index contributed by atoms with van der Waals surface area (Å²) in [6, 6.07) is 6.42. The summed E-state index contributed by atoms with van der Waals surface area (Å²) in [7, 11) is 1.48. The van der Waals surface area contributed by atoms with Crippen LogP contribution in [-0.4, -0.2) is 27.7 Å². The molecule has 6 heteroatoms. The summed E-state index contributed by atoms with van der Waals surface area (Å²) in [5, 5.41) is 18.0. The van der Waals surface area contributed by atoms with Crippen molar-refractivity contribution in [2.24, 2.45) is 0 Å². The average Bonchev–Trinajstić information content (AvgIpc) is 2.85. The van der Waals surface area contributed by atoms with E-state index < -0.39 is 5.97 Å². The van der Waals surface area contributed by atoms with Crippen molar-refractivity contribution in [3.8, 4) is 17.5 Å². The van der Waals surface area contributed by atoms with Crippen molar-refractivity contribution in [1.82, 2.24) is 9.55 Å². The van der Waals surface area contributed by atoms with Crippen LogP contribution < -0.4 is 4.74 Å². The summed E-state index contributed by atoms with van der Waals surface area (Å²) in [6.07, 6.45) is 2.96. The molecule has 18 heavy (non-hydrogen) atoms. The maximum Gasteiger partial charge on any atom is 0.337 e. The van der Waals surface area contributed by atoms with Gasteiger partial charge in [-0.25, -0.2) is 9.78 Å². The molecule has 0 radical (unpaired) electrons. The van der Waals surface area contributed by atoms with Crippen molar-refractivity contribution in [2.75, 3.05) is 7.11 Å². The number of carboxylic acid groups (broad SMARTS) is 1. The number of carbonyl (C=O) groups is 1. The molecule has 1 aromatic carbocycles. The van der Waals surface area contributed by atoms with Crippen molar-refractivity contribution in [3.05, 3.63) is 42.0 Å². The van der Waals surface area contributed by atoms with Crippen LogP contribution in [0.25, 0.3) is 5.69 Å². The van der Waals surface area contributed by atoms with Crippen LogP contribution in [0.15, 0.2) is 30.6 Å². The molecular weight excluding hydrogens is 234 g/mol. The summed E-state index contributed by atoms with van der Waals surface area (Å²) >= 11 is 0. The lowest BCUT2D eigenvalue weighted by Gasteiger charge is -2.09. The molecule has 0 saturated carbocycles. The van der Waals surface area contributed by atoms with Crippen LogP contribution in [0.3, 0.4) is 0 Å². The second-order valence-electron chi connectivity index (χ2n) is 3.42. The van der Waals surface area contributed by atoms with Gasteiger partial charge in [-0.3, -0.25) is 4.57 Å². The lowest BCUT2D eigenvalue weighted by Crippen LogP contribution is -2.06. The highest BCUT2D eigenvalue weighted by molar-refractivity contribution is 5.92. The van der Waals surface area contributed by atoms with E-state index in [1.807, 2.05) is 6.07 Å². The molecule has 0 spiro atoms. The Labute approximate surface area is 103 Å². The SMILES string of the molecule is COc1ccc(C(=O)O)c(-n2ccnc2C#N)c1. The highest BCUT2D eigenvalue weighted by atomic mass is 16.5. The average molecular weight is 243 g/mol. The van der Waals surface area contributed by atoms with Gasteiger partial charge in [0.1, 0.15) is 11.8 Å². The fourth-order valence-electron chi connectivity index (χ4n) is 1.60. The number of imidazole rings is 1. The van der Waals surface area contributed by atoms with Crippen molar-refractivity contribution in [2.45, 2.75) is 0 Å². The Hall–Kier alpha value is -2.81. The first-order chi connectivity index (χ1) is 8.67. The third-order valence-electron chi connectivity index (χ3n) is 2.44. The van der Waals surface area contributed by atoms with E-state index in [0.29, 0.717) is 11.4 Å². The molecule has 0 saturated heterocycles. The van der Waals surface area contributed by atoms with Crippen LogP contribution in [0.1, 0.15) is 16.2 Å². The van der Waals surface area contributed by atoms with Gasteiger partial charge in [0.25, 0.3) is 0 Å². The minimum atomic E-state index is -1.08. The molecule has 0 bridgehead atoms. The molecule has 0 aliphatic rings. The van der Waals surface area contributed by atoms with Crippen molar-refractivity contribution >= 4 is 5.97 Å². The zero-order chi connectivity index (χ0) is 13.1. The molecule has 0 amide bonds. The molecule has 2 rings (SSSR count). The topological polar surface area (TPSA) is 88.1 Å². The summed E-state index contributed by atoms with van der Waals surface area (Å²) in [4.78, 5) is 15.0. The van der Waals surface area contributed by atoms with Crippen molar-refractivity contribution < 1.29 is 14.6 Å². The Kier molecular flexibility index (Phi) is 2.98. The highest BCUT2D eigenvalue weighted by Gasteiger charge is 2.15. The molecule has 0 unspecified atom stereocenters. The Morgan fingerprint density at radius 3 is 2.94 bits per heavy atom. The lowest BCUT2D eigenvalue weighted by molar-refractivity contribution is 0.0697. The van der Waals surface area contributed by atoms with E-state index in [4.69, 9.17) is 15.1 Å². The molecule has 1 heterocycles. The first kappa shape index (κ1) is 11.7. The quantitative estimate of drug-likeness (QED) is 0.881. The number of methoxy groups -OCH3 is 1. The Balaban J connectivity index is 2.68. The molecule has 0 atom stereocenters. The fraction of sp³-hybridized carbons (Fsp3) is 0.0833. The lowest BCUT2D eigenvalue weighted by atomic mass is 10.1. The molecule has 6 nitrogen and oxygen atoms in total. The molecule has 2 aromatic rings. The second kappa shape index (κ2) is 4.59. The van der Waals surface area contributed by atoms with E-state index in [1.165, 1.54) is 30.1 Å². The number of aromatic carboxylic acids is 1. The summed E-state index contributed by atoms with van der Waals surface area (Å²) < 4.78 is 6.46. The molecule has 0 aliphatic carbocycles. The van der Waals surface area contributed by atoms with Gasteiger partial charge in [0.15, 0.2) is 0 Å². The number of ether oxygens (including phenoxy) is 1. The van der Waals surface area contributed by atoms with Crippen molar-refractivity contribution in [1.29, 1.82) is 5.26 Å². The number of hydrogen-bond donors (Lipinski definition) is 1. The number of benzene rings is 1. The van der Waals surface area contributed by atoms with Gasteiger partial charge < -0.3 is 9.84 Å². The minimum absolute atomic E-state index is 0.0744. The van der Waals surface area contributed by atoms with E-state index in [1.54, 1.807) is 12.1 Å². The van der Waals surface area contributed by atoms with Crippen LogP contribution in [0.4, 0.5) is 0 Å². The summed E-state index contributed by atoms with van der Waals surface area (Å²) in [5.41, 5.74) is 0.418. The number of rotatable bonds is 3. The maximum absolute atomic E-state index is 11.2. The van der Waals surface area contributed by atoms with Crippen LogP contribution in [-0.2, 0) is 0 Å². The van der Waals surface area contributed by atoms with Crippen molar-refractivity contribution in [3.63, 3.8) is 0 Å². The maximum atomic E-state index is 11.2. The second-order valence-corrected chi connectivity index (χ2v) is 3.42. The van der Waals surface area contributed by atoms with Gasteiger partial charge in [-0.2, -0.15) is 5.26 Å². The predicted molar refractivity (Wildman–Crippen MR) is 61.8 cm³/mol. The smallest absolute Gasteiger partial charge is 0.337 e. The third kappa shape index (κ3) is 1.89. The van der Waals surface area contributed by atoms with Crippen LogP contribution >= 0.6 is 0 Å². The van der Waals surface area contributed by atoms with Gasteiger partial charge in [0.05, 0.1) is 18.4 Å². The zero-order valence-corrected chi connectivity index (χ0v) is 9.49. The first-order valence-corrected chi connectivity index (χ1v) is 5.02. The minimum Gasteiger partial charge on any atom is -0.497 e. The van der Waals surface area contributed by atoms with Gasteiger partial charge in [0, 0.05) is 18.5 Å². The van der Waals surface area contributed by atoms with E-state index in [2.05, 4.69) is 4.98 Å². The van der Waals surface area contributed by atoms with Crippen LogP contribution in [0.2, 0.25) is 0 Å². The Morgan fingerprint density at radius 2 is 2.33 bits per heavy atom. The standard InChI is InChI=1S/C12H9N3O3/c1-18-8-2-3-9(12(16)17)10(6-8)15-5-4-14-11(15)7-13/h2-6H,1H3,(H,16,17). The van der Waals surface area contributed by atoms with E-state index in [-0.39, 0.29) is 11.4 Å². The van der Waals surface area contributed by atoms with E-state index in [0.717, 1.165) is 0 Å². The number of carboxylic acids is 1. The molecule has 0 aliphatic heterocycles. The van der Waals surface area contributed by atoms with E-state index >= 15 is 0 Å². The highest BCUT2D eigenvalue weighted by Crippen LogP contribution is 2.22. The number of hydrogen-bond acceptors (Lipinski definition) is 4. The number of nitriles is 1. The van der Waals surface area contributed by atoms with Gasteiger partial charge >= 0.3 is 5.97 Å². The number of aromatic nitrogens is 2. The molecular formula is C12H9N3O3. The fourth-order valence-corrected chi connectivity index (χ4v) is 1.60. The largest absolute Gasteiger partial charge is 0.497 e. The monoisotopic (exact) mass is 243 g/mol. The van der Waals surface area contributed by atoms with E-state index in [9.17, 15) is 4.79 Å². The van der Waals surface area contributed by atoms with Crippen LogP contribution in [0.5, 0.6) is 5.75 Å². The van der Waals surface area contributed by atoms with Gasteiger partial charge in [-0.05, 0) is 12.1 Å². The number of nitrogens with zero attached hydrogens (tertiary/aromatic N) is 3. The molecule has 0 fully saturated rings. The molecule has 90 valence electrons. The predicted octanol–water partition coefficient (Wildman–Crippen LogP) is 1.45. The Bertz CT molecular complexity index is 640. The first-order valence-electron chi connectivity index (χ1n) is 5.02. The van der Waals surface area contributed by atoms with Crippen LogP contribution in [0, 0.1) is 11.3 Å². The van der Waals surface area contributed by atoms with Gasteiger partial charge in [-0.15, -0.1) is 0 Å². The molecule has 1 aromatic heterocycles. The zero-order valence-electron chi connectivity index (χ0n) is 9.49. The van der Waals surface area contributed by atoms with Gasteiger partial charge in [0.2, 0.25) is 5.82 Å². The Morgan fingerprint density at radius 1 is 1.56 bits per heavy atom. The summed E-state index contributed by atoms with van der Waals surface area (Å²) in [6.45, 7) is 0. The third-order valence-corrected chi connectivity index (χ3v) is 2.44. The normalized spacial score (nSPS) is 9.78. The summed E-state index contributed by atoms with van der Waals surface area (Å²) in [5.74, 6) is -0.455. The van der Waals surface area contributed by atoms with Gasteiger partial charge in [-0.1, -0.05) is 0 Å². The molecule has 1 N–H and O–H groups in total.